The summed E-state index contributed by atoms with van der Waals surface area (Å²) in [5.41, 5.74) is 3.37. The van der Waals surface area contributed by atoms with E-state index in [0.29, 0.717) is 31.0 Å². The average molecular weight is 483 g/mol. The summed E-state index contributed by atoms with van der Waals surface area (Å²) in [4.78, 5) is 13.8. The second-order valence-corrected chi connectivity index (χ2v) is 11.7. The van der Waals surface area contributed by atoms with Gasteiger partial charge in [0.05, 0.1) is 12.1 Å². The van der Waals surface area contributed by atoms with Gasteiger partial charge in [0.15, 0.2) is 0 Å². The number of morpholine rings is 1. The topological polar surface area (TPSA) is 66.9 Å². The van der Waals surface area contributed by atoms with Gasteiger partial charge in [0.1, 0.15) is 17.3 Å². The molecule has 4 aliphatic rings. The Hall–Kier alpha value is -2.55. The summed E-state index contributed by atoms with van der Waals surface area (Å²) in [6, 6.07) is 10.6. The van der Waals surface area contributed by atoms with E-state index in [1.165, 1.54) is 22.0 Å². The van der Waals surface area contributed by atoms with Crippen LogP contribution in [0.25, 0.3) is 17.2 Å². The van der Waals surface area contributed by atoms with Gasteiger partial charge in [-0.25, -0.2) is 12.8 Å². The number of fused-ring (bicyclic) bond motifs is 1. The quantitative estimate of drug-likeness (QED) is 0.668. The third kappa shape index (κ3) is 3.78. The molecule has 0 bridgehead atoms. The molecule has 0 unspecified atom stereocenters. The van der Waals surface area contributed by atoms with Crippen LogP contribution in [0.4, 0.5) is 4.39 Å². The number of hydrogen-bond donors (Lipinski definition) is 0. The predicted molar refractivity (Wildman–Crippen MR) is 126 cm³/mol. The molecule has 0 aromatic heterocycles. The Labute approximate surface area is 199 Å². The highest BCUT2D eigenvalue weighted by Crippen LogP contribution is 2.38. The maximum atomic E-state index is 15.1. The molecule has 0 atom stereocenters. The molecule has 2 aliphatic heterocycles. The van der Waals surface area contributed by atoms with Crippen molar-refractivity contribution < 1.29 is 22.3 Å². The zero-order valence-electron chi connectivity index (χ0n) is 18.9. The molecule has 2 aliphatic carbocycles. The lowest BCUT2D eigenvalue weighted by Crippen LogP contribution is -2.59. The van der Waals surface area contributed by atoms with Crippen LogP contribution < -0.4 is 0 Å². The first kappa shape index (κ1) is 21.9. The Morgan fingerprint density at radius 2 is 1.76 bits per heavy atom. The number of nitrogens with zero attached hydrogens (tertiary/aromatic N) is 2. The third-order valence-corrected chi connectivity index (χ3v) is 9.50. The Balaban J connectivity index is 1.18. The molecule has 34 heavy (non-hydrogen) atoms. The summed E-state index contributed by atoms with van der Waals surface area (Å²) in [7, 11) is -3.97. The van der Waals surface area contributed by atoms with Crippen molar-refractivity contribution in [3.63, 3.8) is 0 Å². The van der Waals surface area contributed by atoms with Crippen LogP contribution in [0.5, 0.6) is 0 Å². The first-order valence-electron chi connectivity index (χ1n) is 11.9. The van der Waals surface area contributed by atoms with Crippen molar-refractivity contribution in [1.29, 1.82) is 0 Å². The van der Waals surface area contributed by atoms with E-state index in [1.807, 2.05) is 23.1 Å². The number of piperidine rings is 1. The predicted octanol–water partition coefficient (Wildman–Crippen LogP) is 3.61. The minimum absolute atomic E-state index is 0.0185. The maximum absolute atomic E-state index is 15.1. The second-order valence-electron chi connectivity index (χ2n) is 9.79. The fourth-order valence-corrected chi connectivity index (χ4v) is 6.85. The highest BCUT2D eigenvalue weighted by atomic mass is 32.2. The SMILES string of the molecule is O=C1COC2(CCN(S(=O)(=O)c3ccc(-c4ccc5c(c4)CC=C5)cc3F)CC2)CN1C1CC1. The molecule has 3 fully saturated rings. The fourth-order valence-electron chi connectivity index (χ4n) is 5.36. The van der Waals surface area contributed by atoms with Gasteiger partial charge in [-0.1, -0.05) is 36.4 Å². The number of ether oxygens (including phenoxy) is 1. The van der Waals surface area contributed by atoms with Crippen molar-refractivity contribution >= 4 is 22.0 Å². The normalized spacial score (nSPS) is 22.4. The third-order valence-electron chi connectivity index (χ3n) is 7.56. The van der Waals surface area contributed by atoms with E-state index in [4.69, 9.17) is 4.74 Å². The van der Waals surface area contributed by atoms with E-state index < -0.39 is 21.4 Å². The van der Waals surface area contributed by atoms with E-state index in [1.54, 1.807) is 6.07 Å². The summed E-state index contributed by atoms with van der Waals surface area (Å²) in [5, 5.41) is 0. The minimum Gasteiger partial charge on any atom is -0.363 e. The Bertz CT molecular complexity index is 1290. The number of sulfonamides is 1. The van der Waals surface area contributed by atoms with Crippen LogP contribution in [0.3, 0.4) is 0 Å². The van der Waals surface area contributed by atoms with E-state index in [2.05, 4.69) is 12.2 Å². The van der Waals surface area contributed by atoms with Crippen molar-refractivity contribution in [3.05, 3.63) is 59.4 Å². The maximum Gasteiger partial charge on any atom is 0.248 e. The van der Waals surface area contributed by atoms with Crippen LogP contribution >= 0.6 is 0 Å². The van der Waals surface area contributed by atoms with E-state index in [0.717, 1.165) is 30.4 Å². The lowest BCUT2D eigenvalue weighted by atomic mass is 9.90. The Morgan fingerprint density at radius 3 is 2.50 bits per heavy atom. The monoisotopic (exact) mass is 482 g/mol. The lowest BCUT2D eigenvalue weighted by Gasteiger charge is -2.46. The van der Waals surface area contributed by atoms with Gasteiger partial charge in [-0.2, -0.15) is 4.31 Å². The molecular formula is C26H27FN2O4S. The van der Waals surface area contributed by atoms with Crippen molar-refractivity contribution in [1.82, 2.24) is 9.21 Å². The highest BCUT2D eigenvalue weighted by Gasteiger charge is 2.47. The number of halogens is 1. The molecule has 6 rings (SSSR count). The number of rotatable bonds is 4. The molecule has 1 amide bonds. The fraction of sp³-hybridized carbons (Fsp3) is 0.423. The highest BCUT2D eigenvalue weighted by molar-refractivity contribution is 7.89. The van der Waals surface area contributed by atoms with Gasteiger partial charge in [0, 0.05) is 19.1 Å². The van der Waals surface area contributed by atoms with E-state index in [9.17, 15) is 13.2 Å². The standard InChI is InChI=1S/C26H27FN2O4S/c27-23-15-21(20-5-4-18-2-1-3-19(18)14-20)6-9-24(23)34(31,32)28-12-10-26(11-13-28)17-29(22-7-8-22)25(30)16-33-26/h1-2,4-6,9,14-15,22H,3,7-8,10-13,16-17H2. The minimum atomic E-state index is -3.97. The molecule has 2 saturated heterocycles. The first-order chi connectivity index (χ1) is 16.3. The molecule has 2 aromatic carbocycles. The Morgan fingerprint density at radius 1 is 1.03 bits per heavy atom. The summed E-state index contributed by atoms with van der Waals surface area (Å²) < 4.78 is 49.0. The van der Waals surface area contributed by atoms with Crippen LogP contribution in [0, 0.1) is 5.82 Å². The number of amides is 1. The number of carbonyl (C=O) groups is 1. The van der Waals surface area contributed by atoms with Gasteiger partial charge < -0.3 is 9.64 Å². The Kier molecular flexibility index (Phi) is 5.17. The van der Waals surface area contributed by atoms with Crippen LogP contribution in [0.15, 0.2) is 47.4 Å². The number of carbonyl (C=O) groups excluding carboxylic acids is 1. The summed E-state index contributed by atoms with van der Waals surface area (Å²) in [6.07, 6.45) is 8.05. The number of benzene rings is 2. The number of hydrogen-bond acceptors (Lipinski definition) is 4. The molecule has 2 heterocycles. The van der Waals surface area contributed by atoms with E-state index in [-0.39, 0.29) is 30.5 Å². The van der Waals surface area contributed by atoms with Crippen LogP contribution in [0.2, 0.25) is 0 Å². The summed E-state index contributed by atoms with van der Waals surface area (Å²) >= 11 is 0. The van der Waals surface area contributed by atoms with Crippen LogP contribution in [0.1, 0.15) is 36.8 Å². The van der Waals surface area contributed by atoms with Crippen LogP contribution in [-0.4, -0.2) is 61.4 Å². The van der Waals surface area contributed by atoms with Crippen molar-refractivity contribution in [3.8, 4) is 11.1 Å². The zero-order valence-corrected chi connectivity index (χ0v) is 19.7. The molecule has 1 saturated carbocycles. The zero-order chi connectivity index (χ0) is 23.5. The van der Waals surface area contributed by atoms with Gasteiger partial charge in [0.25, 0.3) is 0 Å². The second kappa shape index (κ2) is 8.00. The smallest absolute Gasteiger partial charge is 0.248 e. The molecule has 178 valence electrons. The molecule has 0 radical (unpaired) electrons. The largest absolute Gasteiger partial charge is 0.363 e. The van der Waals surface area contributed by atoms with Gasteiger partial charge in [-0.15, -0.1) is 0 Å². The summed E-state index contributed by atoms with van der Waals surface area (Å²) in [6.45, 7) is 1.06. The molecule has 2 aromatic rings. The van der Waals surface area contributed by atoms with Gasteiger partial charge in [-0.05, 0) is 66.5 Å². The summed E-state index contributed by atoms with van der Waals surface area (Å²) in [5.74, 6) is -0.721. The van der Waals surface area contributed by atoms with Crippen LogP contribution in [-0.2, 0) is 26.0 Å². The van der Waals surface area contributed by atoms with E-state index >= 15 is 4.39 Å². The molecule has 0 N–H and O–H groups in total. The van der Waals surface area contributed by atoms with Gasteiger partial charge >= 0.3 is 0 Å². The van der Waals surface area contributed by atoms with Crippen molar-refractivity contribution in [2.24, 2.45) is 0 Å². The van der Waals surface area contributed by atoms with Crippen molar-refractivity contribution in [2.45, 2.75) is 48.6 Å². The average Bonchev–Trinajstić information content (AvgIpc) is 3.57. The molecule has 6 nitrogen and oxygen atoms in total. The molecular weight excluding hydrogens is 455 g/mol. The first-order valence-corrected chi connectivity index (χ1v) is 13.3. The number of allylic oxidation sites excluding steroid dienone is 1. The van der Waals surface area contributed by atoms with Gasteiger partial charge in [0.2, 0.25) is 15.9 Å². The van der Waals surface area contributed by atoms with Crippen molar-refractivity contribution in [2.75, 3.05) is 26.2 Å². The molecule has 1 spiro atoms. The van der Waals surface area contributed by atoms with Gasteiger partial charge in [-0.3, -0.25) is 4.79 Å². The molecule has 8 heteroatoms. The lowest BCUT2D eigenvalue weighted by molar-refractivity contribution is -0.170.